The fraction of sp³-hybridized carbons (Fsp3) is 0.333. The van der Waals surface area contributed by atoms with E-state index >= 15 is 0 Å². The molecule has 0 radical (unpaired) electrons. The summed E-state index contributed by atoms with van der Waals surface area (Å²) in [6, 6.07) is 7.65. The molecule has 1 N–H and O–H groups in total. The van der Waals surface area contributed by atoms with Gasteiger partial charge in [-0.1, -0.05) is 11.8 Å². The molecule has 2 aromatic heterocycles. The van der Waals surface area contributed by atoms with Gasteiger partial charge in [0.25, 0.3) is 0 Å². The number of thioether (sulfide) groups is 1. The van der Waals surface area contributed by atoms with Crippen LogP contribution in [0.5, 0.6) is 5.75 Å². The van der Waals surface area contributed by atoms with Crippen molar-refractivity contribution < 1.29 is 9.53 Å². The van der Waals surface area contributed by atoms with E-state index in [0.717, 1.165) is 30.2 Å². The lowest BCUT2D eigenvalue weighted by Gasteiger charge is -2.09. The van der Waals surface area contributed by atoms with Crippen LogP contribution in [0, 0.1) is 6.92 Å². The number of benzene rings is 1. The molecule has 0 unspecified atom stereocenters. The minimum Gasteiger partial charge on any atom is -0.497 e. The lowest BCUT2D eigenvalue weighted by atomic mass is 10.3. The van der Waals surface area contributed by atoms with Gasteiger partial charge in [0, 0.05) is 31.2 Å². The molecule has 27 heavy (non-hydrogen) atoms. The molecule has 3 aromatic rings. The van der Waals surface area contributed by atoms with E-state index in [1.165, 1.54) is 11.8 Å². The van der Waals surface area contributed by atoms with E-state index in [2.05, 4.69) is 20.5 Å². The molecule has 2 heterocycles. The van der Waals surface area contributed by atoms with Crippen LogP contribution < -0.4 is 10.1 Å². The number of rotatable bonds is 9. The molecule has 0 bridgehead atoms. The summed E-state index contributed by atoms with van der Waals surface area (Å²) in [5.74, 6) is 1.82. The molecule has 3 rings (SSSR count). The van der Waals surface area contributed by atoms with Gasteiger partial charge in [-0.15, -0.1) is 10.2 Å². The van der Waals surface area contributed by atoms with E-state index in [1.54, 1.807) is 19.6 Å². The Hall–Kier alpha value is -2.81. The van der Waals surface area contributed by atoms with Gasteiger partial charge in [-0.25, -0.2) is 4.98 Å². The lowest BCUT2D eigenvalue weighted by Crippen LogP contribution is -2.27. The van der Waals surface area contributed by atoms with Crippen LogP contribution in [0.2, 0.25) is 0 Å². The van der Waals surface area contributed by atoms with Crippen LogP contribution >= 0.6 is 11.8 Å². The van der Waals surface area contributed by atoms with Gasteiger partial charge in [0.15, 0.2) is 5.16 Å². The molecule has 0 aliphatic rings. The maximum atomic E-state index is 12.1. The summed E-state index contributed by atoms with van der Waals surface area (Å²) in [7, 11) is 1.63. The highest BCUT2D eigenvalue weighted by Crippen LogP contribution is 2.23. The number of aryl methyl sites for hydroxylation is 2. The third kappa shape index (κ3) is 5.10. The van der Waals surface area contributed by atoms with Gasteiger partial charge < -0.3 is 14.6 Å². The first-order chi connectivity index (χ1) is 13.2. The first-order valence-corrected chi connectivity index (χ1v) is 9.57. The summed E-state index contributed by atoms with van der Waals surface area (Å²) in [4.78, 5) is 16.1. The highest BCUT2D eigenvalue weighted by Gasteiger charge is 2.13. The van der Waals surface area contributed by atoms with Crippen molar-refractivity contribution in [2.45, 2.75) is 25.0 Å². The quantitative estimate of drug-likeness (QED) is 0.448. The normalized spacial score (nSPS) is 10.7. The zero-order chi connectivity index (χ0) is 19.1. The van der Waals surface area contributed by atoms with Gasteiger partial charge in [0.1, 0.15) is 11.6 Å². The topological polar surface area (TPSA) is 86.9 Å². The SMILES string of the molecule is COc1ccc(-n2c(C)nnc2SCC(=O)NCCCn2ccnc2)cc1. The summed E-state index contributed by atoms with van der Waals surface area (Å²) < 4.78 is 9.11. The number of ether oxygens (including phenoxy) is 1. The van der Waals surface area contributed by atoms with E-state index in [-0.39, 0.29) is 5.91 Å². The van der Waals surface area contributed by atoms with Crippen molar-refractivity contribution >= 4 is 17.7 Å². The molecule has 0 aliphatic heterocycles. The Kier molecular flexibility index (Phi) is 6.48. The fourth-order valence-corrected chi connectivity index (χ4v) is 3.38. The Morgan fingerprint density at radius 3 is 2.78 bits per heavy atom. The van der Waals surface area contributed by atoms with Crippen molar-refractivity contribution in [3.05, 3.63) is 48.8 Å². The number of nitrogens with zero attached hydrogens (tertiary/aromatic N) is 5. The highest BCUT2D eigenvalue weighted by atomic mass is 32.2. The number of carbonyl (C=O) groups is 1. The van der Waals surface area contributed by atoms with E-state index in [4.69, 9.17) is 4.74 Å². The van der Waals surface area contributed by atoms with E-state index in [1.807, 2.05) is 46.5 Å². The van der Waals surface area contributed by atoms with Crippen molar-refractivity contribution in [1.82, 2.24) is 29.6 Å². The molecular weight excluding hydrogens is 364 g/mol. The van der Waals surface area contributed by atoms with Crippen LogP contribution in [-0.2, 0) is 11.3 Å². The van der Waals surface area contributed by atoms with Crippen LogP contribution in [-0.4, -0.2) is 49.6 Å². The molecule has 9 heteroatoms. The molecule has 0 saturated heterocycles. The summed E-state index contributed by atoms with van der Waals surface area (Å²) in [6.07, 6.45) is 6.28. The number of aromatic nitrogens is 5. The average Bonchev–Trinajstić information content (AvgIpc) is 3.33. The maximum absolute atomic E-state index is 12.1. The van der Waals surface area contributed by atoms with Crippen LogP contribution in [0.15, 0.2) is 48.1 Å². The highest BCUT2D eigenvalue weighted by molar-refractivity contribution is 7.99. The summed E-state index contributed by atoms with van der Waals surface area (Å²) in [5, 5.41) is 11.9. The summed E-state index contributed by atoms with van der Waals surface area (Å²) in [5.41, 5.74) is 0.932. The smallest absolute Gasteiger partial charge is 0.230 e. The number of hydrogen-bond acceptors (Lipinski definition) is 6. The molecular formula is C18H22N6O2S. The van der Waals surface area contributed by atoms with Gasteiger partial charge >= 0.3 is 0 Å². The molecule has 0 atom stereocenters. The molecule has 0 saturated carbocycles. The lowest BCUT2D eigenvalue weighted by molar-refractivity contribution is -0.118. The third-order valence-electron chi connectivity index (χ3n) is 3.93. The van der Waals surface area contributed by atoms with E-state index in [9.17, 15) is 4.79 Å². The molecule has 1 amide bonds. The first-order valence-electron chi connectivity index (χ1n) is 8.59. The molecule has 0 spiro atoms. The van der Waals surface area contributed by atoms with Crippen LogP contribution in [0.1, 0.15) is 12.2 Å². The maximum Gasteiger partial charge on any atom is 0.230 e. The van der Waals surface area contributed by atoms with E-state index in [0.29, 0.717) is 17.5 Å². The Morgan fingerprint density at radius 2 is 2.07 bits per heavy atom. The van der Waals surface area contributed by atoms with Crippen molar-refractivity contribution in [3.63, 3.8) is 0 Å². The zero-order valence-electron chi connectivity index (χ0n) is 15.3. The number of nitrogens with one attached hydrogen (secondary N) is 1. The van der Waals surface area contributed by atoms with E-state index < -0.39 is 0 Å². The average molecular weight is 386 g/mol. The van der Waals surface area contributed by atoms with Crippen molar-refractivity contribution in [2.24, 2.45) is 0 Å². The molecule has 0 aliphatic carbocycles. The van der Waals surface area contributed by atoms with Crippen molar-refractivity contribution in [2.75, 3.05) is 19.4 Å². The standard InChI is InChI=1S/C18H22N6O2S/c1-14-21-22-18(24(14)15-4-6-16(26-2)7-5-15)27-12-17(25)20-8-3-10-23-11-9-19-13-23/h4-7,9,11,13H,3,8,10,12H2,1-2H3,(H,20,25). The second-order valence-corrected chi connectivity index (χ2v) is 6.80. The summed E-state index contributed by atoms with van der Waals surface area (Å²) in [6.45, 7) is 3.34. The van der Waals surface area contributed by atoms with Crippen molar-refractivity contribution in [1.29, 1.82) is 0 Å². The predicted molar refractivity (Wildman–Crippen MR) is 103 cm³/mol. The van der Waals surface area contributed by atoms with Gasteiger partial charge in [-0.2, -0.15) is 0 Å². The van der Waals surface area contributed by atoms with Crippen LogP contribution in [0.3, 0.4) is 0 Å². The van der Waals surface area contributed by atoms with Gasteiger partial charge in [-0.05, 0) is 37.6 Å². The predicted octanol–water partition coefficient (Wildman–Crippen LogP) is 2.08. The third-order valence-corrected chi connectivity index (χ3v) is 4.86. The first kappa shape index (κ1) is 19.0. The molecule has 1 aromatic carbocycles. The molecule has 8 nitrogen and oxygen atoms in total. The number of carbonyl (C=O) groups excluding carboxylic acids is 1. The fourth-order valence-electron chi connectivity index (χ4n) is 2.55. The largest absolute Gasteiger partial charge is 0.497 e. The Labute approximate surface area is 162 Å². The van der Waals surface area contributed by atoms with Gasteiger partial charge in [-0.3, -0.25) is 9.36 Å². The summed E-state index contributed by atoms with van der Waals surface area (Å²) >= 11 is 1.37. The van der Waals surface area contributed by atoms with Crippen LogP contribution in [0.25, 0.3) is 5.69 Å². The number of methoxy groups -OCH3 is 1. The minimum absolute atomic E-state index is 0.0208. The van der Waals surface area contributed by atoms with Crippen LogP contribution in [0.4, 0.5) is 0 Å². The second kappa shape index (κ2) is 9.22. The Morgan fingerprint density at radius 1 is 1.26 bits per heavy atom. The Bertz CT molecular complexity index is 861. The number of imidazole rings is 1. The molecule has 0 fully saturated rings. The molecule has 142 valence electrons. The monoisotopic (exact) mass is 386 g/mol. The number of amides is 1. The van der Waals surface area contributed by atoms with Crippen molar-refractivity contribution in [3.8, 4) is 11.4 Å². The second-order valence-electron chi connectivity index (χ2n) is 5.86. The van der Waals surface area contributed by atoms with Gasteiger partial charge in [0.05, 0.1) is 19.2 Å². The zero-order valence-corrected chi connectivity index (χ0v) is 16.1. The Balaban J connectivity index is 1.51. The number of hydrogen-bond donors (Lipinski definition) is 1. The van der Waals surface area contributed by atoms with Gasteiger partial charge in [0.2, 0.25) is 5.91 Å². The minimum atomic E-state index is -0.0208.